The first-order valence-corrected chi connectivity index (χ1v) is 12.9. The van der Waals surface area contributed by atoms with Crippen LogP contribution in [0.5, 0.6) is 0 Å². The molecule has 0 fully saturated rings. The molecule has 1 unspecified atom stereocenters. The van der Waals surface area contributed by atoms with E-state index in [1.807, 2.05) is 18.2 Å². The molecule has 2 aromatic heterocycles. The number of nitrogens with zero attached hydrogens (tertiary/aromatic N) is 4. The number of amides is 2. The normalized spacial score (nSPS) is 13.8. The van der Waals surface area contributed by atoms with Crippen LogP contribution in [0.4, 0.5) is 4.39 Å². The molecular weight excluding hydrogens is 563 g/mol. The monoisotopic (exact) mass is 584 g/mol. The summed E-state index contributed by atoms with van der Waals surface area (Å²) in [5.74, 6) is -1.31. The number of pyridine rings is 1. The van der Waals surface area contributed by atoms with E-state index in [1.54, 1.807) is 31.3 Å². The lowest BCUT2D eigenvalue weighted by atomic mass is 9.96. The molecule has 2 heterocycles. The molecule has 0 spiro atoms. The van der Waals surface area contributed by atoms with E-state index in [0.717, 1.165) is 33.1 Å². The summed E-state index contributed by atoms with van der Waals surface area (Å²) >= 11 is 3.47. The van der Waals surface area contributed by atoms with Crippen molar-refractivity contribution in [1.29, 1.82) is 5.26 Å². The number of fused-ring (bicyclic) bond motifs is 2. The number of hydrogen-bond donors (Lipinski definition) is 2. The van der Waals surface area contributed by atoms with Crippen LogP contribution in [0, 0.1) is 24.1 Å². The van der Waals surface area contributed by atoms with Gasteiger partial charge in [0.05, 0.1) is 23.4 Å². The number of aromatic nitrogens is 3. The van der Waals surface area contributed by atoms with Gasteiger partial charge in [-0.05, 0) is 87.8 Å². The Morgan fingerprint density at radius 1 is 1.03 bits per heavy atom. The van der Waals surface area contributed by atoms with E-state index in [0.29, 0.717) is 29.7 Å². The molecule has 1 atom stereocenters. The van der Waals surface area contributed by atoms with Crippen LogP contribution in [0.3, 0.4) is 0 Å². The Balaban J connectivity index is 1.39. The first kappa shape index (κ1) is 26.1. The lowest BCUT2D eigenvalue weighted by Gasteiger charge is -2.21. The molecule has 2 amide bonds. The van der Waals surface area contributed by atoms with Gasteiger partial charge in [-0.25, -0.2) is 14.4 Å². The fraction of sp³-hybridized carbons (Fsp3) is 0.172. The molecule has 194 valence electrons. The molecular formula is C29H22BrFN6O2. The highest BCUT2D eigenvalue weighted by Crippen LogP contribution is 2.33. The third-order valence-corrected chi connectivity index (χ3v) is 7.01. The molecule has 39 heavy (non-hydrogen) atoms. The largest absolute Gasteiger partial charge is 0.347 e. The second-order valence-electron chi connectivity index (χ2n) is 9.18. The molecule has 5 rings (SSSR count). The topological polar surface area (TPSA) is 121 Å². The van der Waals surface area contributed by atoms with Crippen molar-refractivity contribution >= 4 is 27.7 Å². The van der Waals surface area contributed by atoms with Crippen molar-refractivity contribution in [1.82, 2.24) is 25.6 Å². The Bertz CT molecular complexity index is 1650. The van der Waals surface area contributed by atoms with E-state index < -0.39 is 17.9 Å². The van der Waals surface area contributed by atoms with Crippen molar-refractivity contribution in [2.45, 2.75) is 32.4 Å². The van der Waals surface area contributed by atoms with E-state index in [2.05, 4.69) is 47.6 Å². The summed E-state index contributed by atoms with van der Waals surface area (Å²) in [5, 5.41) is 15.1. The Hall–Kier alpha value is -4.49. The minimum absolute atomic E-state index is 0.0193. The number of nitrogens with one attached hydrogen (secondary N) is 2. The van der Waals surface area contributed by atoms with Crippen LogP contribution in [-0.4, -0.2) is 26.8 Å². The van der Waals surface area contributed by atoms with Crippen molar-refractivity contribution in [3.8, 4) is 6.07 Å². The Labute approximate surface area is 232 Å². The number of hydrogen-bond acceptors (Lipinski definition) is 6. The molecule has 0 saturated carbocycles. The number of benzene rings is 2. The number of rotatable bonds is 5. The van der Waals surface area contributed by atoms with Crippen molar-refractivity contribution < 1.29 is 14.0 Å². The summed E-state index contributed by atoms with van der Waals surface area (Å²) < 4.78 is 14.4. The maximum absolute atomic E-state index is 13.5. The first-order valence-electron chi connectivity index (χ1n) is 12.2. The molecule has 10 heteroatoms. The second-order valence-corrected chi connectivity index (χ2v) is 10.1. The van der Waals surface area contributed by atoms with E-state index in [9.17, 15) is 19.2 Å². The second kappa shape index (κ2) is 11.1. The van der Waals surface area contributed by atoms with Crippen LogP contribution in [0.1, 0.15) is 66.1 Å². The molecule has 0 radical (unpaired) electrons. The zero-order valence-corrected chi connectivity index (χ0v) is 22.4. The van der Waals surface area contributed by atoms with Crippen LogP contribution in [-0.2, 0) is 19.4 Å². The summed E-state index contributed by atoms with van der Waals surface area (Å²) in [4.78, 5) is 38.9. The first-order chi connectivity index (χ1) is 18.8. The zero-order chi connectivity index (χ0) is 27.5. The third-order valence-electron chi connectivity index (χ3n) is 6.57. The minimum Gasteiger partial charge on any atom is -0.347 e. The molecule has 1 aliphatic carbocycles. The van der Waals surface area contributed by atoms with Gasteiger partial charge in [-0.15, -0.1) is 0 Å². The molecule has 2 N–H and O–H groups in total. The molecule has 4 aromatic rings. The summed E-state index contributed by atoms with van der Waals surface area (Å²) in [6.45, 7) is 1.82. The van der Waals surface area contributed by atoms with Gasteiger partial charge in [-0.1, -0.05) is 18.2 Å². The van der Waals surface area contributed by atoms with E-state index >= 15 is 0 Å². The molecule has 0 saturated heterocycles. The number of aryl methyl sites for hydroxylation is 3. The Morgan fingerprint density at radius 3 is 2.56 bits per heavy atom. The smallest absolute Gasteiger partial charge is 0.270 e. The fourth-order valence-electron chi connectivity index (χ4n) is 4.59. The van der Waals surface area contributed by atoms with Crippen LogP contribution in [0.15, 0.2) is 65.5 Å². The number of carbonyl (C=O) groups excluding carboxylic acids is 2. The van der Waals surface area contributed by atoms with Crippen molar-refractivity contribution in [3.05, 3.63) is 122 Å². The number of carbonyl (C=O) groups is 2. The highest BCUT2D eigenvalue weighted by molar-refractivity contribution is 9.10. The van der Waals surface area contributed by atoms with Crippen LogP contribution in [0.25, 0.3) is 0 Å². The van der Waals surface area contributed by atoms with E-state index in [4.69, 9.17) is 0 Å². The predicted molar refractivity (Wildman–Crippen MR) is 144 cm³/mol. The maximum Gasteiger partial charge on any atom is 0.270 e. The Morgan fingerprint density at radius 2 is 1.79 bits per heavy atom. The molecule has 1 aliphatic rings. The van der Waals surface area contributed by atoms with Gasteiger partial charge in [0.25, 0.3) is 11.8 Å². The van der Waals surface area contributed by atoms with E-state index in [1.165, 1.54) is 12.1 Å². The summed E-state index contributed by atoms with van der Waals surface area (Å²) in [5.41, 5.74) is 5.28. The van der Waals surface area contributed by atoms with Gasteiger partial charge in [0.15, 0.2) is 0 Å². The minimum atomic E-state index is -0.584. The standard InChI is InChI=1S/C29H22BrFN6O2/c1-16-8-18(3-7-23(16)31)13-34-28(38)24-11-25(36-15-35-24)29(39)37-27-22-6-2-17(12-32)9-19(22)4-5-20-10-21(30)14-33-26(20)27/h2-3,6-11,14-15,27H,4-5,13H2,1H3,(H,34,38)(H,37,39). The van der Waals surface area contributed by atoms with Crippen LogP contribution < -0.4 is 10.6 Å². The third kappa shape index (κ3) is 5.68. The van der Waals surface area contributed by atoms with Crippen molar-refractivity contribution in [2.75, 3.05) is 0 Å². The van der Waals surface area contributed by atoms with Gasteiger partial charge in [0, 0.05) is 23.3 Å². The number of nitriles is 1. The number of halogens is 2. The van der Waals surface area contributed by atoms with E-state index in [-0.39, 0.29) is 23.7 Å². The fourth-order valence-corrected chi connectivity index (χ4v) is 4.97. The lowest BCUT2D eigenvalue weighted by molar-refractivity contribution is 0.0937. The SMILES string of the molecule is Cc1cc(CNC(=O)c2cc(C(=O)NC3c4ccc(C#N)cc4CCc4cc(Br)cnc43)ncn2)ccc1F. The van der Waals surface area contributed by atoms with Crippen molar-refractivity contribution in [3.63, 3.8) is 0 Å². The molecule has 2 aromatic carbocycles. The zero-order valence-electron chi connectivity index (χ0n) is 20.8. The van der Waals surface area contributed by atoms with Gasteiger partial charge in [0.1, 0.15) is 23.5 Å². The summed E-state index contributed by atoms with van der Waals surface area (Å²) in [7, 11) is 0. The molecule has 0 bridgehead atoms. The van der Waals surface area contributed by atoms with Gasteiger partial charge in [0.2, 0.25) is 0 Å². The molecule has 0 aliphatic heterocycles. The molecule has 8 nitrogen and oxygen atoms in total. The van der Waals surface area contributed by atoms with Crippen LogP contribution in [0.2, 0.25) is 0 Å². The predicted octanol–water partition coefficient (Wildman–Crippen LogP) is 4.50. The van der Waals surface area contributed by atoms with Crippen molar-refractivity contribution in [2.24, 2.45) is 0 Å². The highest BCUT2D eigenvalue weighted by Gasteiger charge is 2.28. The van der Waals surface area contributed by atoms with Gasteiger partial charge in [-0.3, -0.25) is 14.6 Å². The maximum atomic E-state index is 13.5. The highest BCUT2D eigenvalue weighted by atomic mass is 79.9. The lowest BCUT2D eigenvalue weighted by Crippen LogP contribution is -2.32. The van der Waals surface area contributed by atoms with Gasteiger partial charge >= 0.3 is 0 Å². The average molecular weight is 585 g/mol. The summed E-state index contributed by atoms with van der Waals surface area (Å²) in [6, 6.07) is 14.9. The van der Waals surface area contributed by atoms with Crippen LogP contribution >= 0.6 is 15.9 Å². The quantitative estimate of drug-likeness (QED) is 0.356. The Kier molecular flexibility index (Phi) is 7.43. The average Bonchev–Trinajstić information content (AvgIpc) is 3.09. The van der Waals surface area contributed by atoms with Gasteiger partial charge < -0.3 is 10.6 Å². The summed E-state index contributed by atoms with van der Waals surface area (Å²) in [6.07, 6.45) is 4.23. The van der Waals surface area contributed by atoms with Gasteiger partial charge in [-0.2, -0.15) is 5.26 Å².